The van der Waals surface area contributed by atoms with Crippen molar-refractivity contribution in [1.82, 2.24) is 10.9 Å². The maximum atomic E-state index is 11.8. The standard InChI is InChI=1S/C15H13ClN2O4S/c16-9-3-4-11(19)10(8-9)15(22)18-17-14(21)6-5-12(20)13-2-1-7-23-13/h1-4,7-8,19H,5-6H2,(H,17,21)(H,18,22). The number of carbonyl (C=O) groups excluding carboxylic acids is 3. The SMILES string of the molecule is O=C(CCC(=O)c1cccs1)NNC(=O)c1cc(Cl)ccc1O. The van der Waals surface area contributed by atoms with Gasteiger partial charge in [-0.3, -0.25) is 25.2 Å². The van der Waals surface area contributed by atoms with Crippen molar-refractivity contribution in [2.24, 2.45) is 0 Å². The molecule has 1 heterocycles. The molecular weight excluding hydrogens is 340 g/mol. The fraction of sp³-hybridized carbons (Fsp3) is 0.133. The van der Waals surface area contributed by atoms with Crippen molar-refractivity contribution in [2.75, 3.05) is 0 Å². The average Bonchev–Trinajstić information content (AvgIpc) is 3.07. The Morgan fingerprint density at radius 1 is 1.13 bits per heavy atom. The molecule has 0 saturated heterocycles. The molecule has 120 valence electrons. The number of halogens is 1. The number of Topliss-reactive ketones (excluding diaryl/α,β-unsaturated/α-hetero) is 1. The highest BCUT2D eigenvalue weighted by Crippen LogP contribution is 2.21. The Kier molecular flexibility index (Phi) is 5.72. The zero-order valence-corrected chi connectivity index (χ0v) is 13.4. The number of ketones is 1. The van der Waals surface area contributed by atoms with Crippen molar-refractivity contribution in [3.8, 4) is 5.75 Å². The Labute approximate surface area is 141 Å². The first-order valence-electron chi connectivity index (χ1n) is 6.62. The van der Waals surface area contributed by atoms with Crippen LogP contribution in [0.25, 0.3) is 0 Å². The van der Waals surface area contributed by atoms with Crippen molar-refractivity contribution >= 4 is 40.5 Å². The Morgan fingerprint density at radius 3 is 2.61 bits per heavy atom. The first-order chi connectivity index (χ1) is 11.0. The molecule has 0 unspecified atom stereocenters. The first kappa shape index (κ1) is 17.0. The van der Waals surface area contributed by atoms with E-state index in [0.717, 1.165) is 0 Å². The van der Waals surface area contributed by atoms with Crippen LogP contribution in [0.15, 0.2) is 35.7 Å². The van der Waals surface area contributed by atoms with Crippen LogP contribution in [-0.4, -0.2) is 22.7 Å². The highest BCUT2D eigenvalue weighted by molar-refractivity contribution is 7.12. The third-order valence-electron chi connectivity index (χ3n) is 2.89. The topological polar surface area (TPSA) is 95.5 Å². The molecule has 1 aromatic heterocycles. The summed E-state index contributed by atoms with van der Waals surface area (Å²) in [7, 11) is 0. The van der Waals surface area contributed by atoms with Gasteiger partial charge >= 0.3 is 0 Å². The highest BCUT2D eigenvalue weighted by atomic mass is 35.5. The average molecular weight is 353 g/mol. The largest absolute Gasteiger partial charge is 0.507 e. The maximum absolute atomic E-state index is 11.8. The van der Waals surface area contributed by atoms with Crippen molar-refractivity contribution < 1.29 is 19.5 Å². The quantitative estimate of drug-likeness (QED) is 0.569. The molecule has 2 amide bonds. The number of nitrogens with one attached hydrogen (secondary N) is 2. The van der Waals surface area contributed by atoms with Gasteiger partial charge in [0.1, 0.15) is 5.75 Å². The van der Waals surface area contributed by atoms with Crippen LogP contribution in [0.1, 0.15) is 32.9 Å². The molecule has 1 aromatic carbocycles. The summed E-state index contributed by atoms with van der Waals surface area (Å²) in [4.78, 5) is 35.8. The van der Waals surface area contributed by atoms with E-state index in [1.807, 2.05) is 0 Å². The molecule has 3 N–H and O–H groups in total. The number of phenols is 1. The number of hydrazine groups is 1. The predicted octanol–water partition coefficient (Wildman–Crippen LogP) is 2.53. The van der Waals surface area contributed by atoms with Crippen LogP contribution in [0.4, 0.5) is 0 Å². The lowest BCUT2D eigenvalue weighted by molar-refractivity contribution is -0.121. The summed E-state index contributed by atoms with van der Waals surface area (Å²) in [6.45, 7) is 0. The van der Waals surface area contributed by atoms with E-state index in [1.165, 1.54) is 29.5 Å². The van der Waals surface area contributed by atoms with Crippen LogP contribution in [0.2, 0.25) is 5.02 Å². The number of hydrogen-bond acceptors (Lipinski definition) is 5. The second-order valence-corrected chi connectivity index (χ2v) is 5.95. The molecule has 0 fully saturated rings. The van der Waals surface area contributed by atoms with Crippen molar-refractivity contribution in [3.63, 3.8) is 0 Å². The van der Waals surface area contributed by atoms with Gasteiger partial charge in [0.25, 0.3) is 5.91 Å². The third kappa shape index (κ3) is 4.80. The second-order valence-electron chi connectivity index (χ2n) is 4.56. The monoisotopic (exact) mass is 352 g/mol. The normalized spacial score (nSPS) is 10.1. The fourth-order valence-electron chi connectivity index (χ4n) is 1.73. The molecule has 6 nitrogen and oxygen atoms in total. The summed E-state index contributed by atoms with van der Waals surface area (Å²) < 4.78 is 0. The van der Waals surface area contributed by atoms with Crippen LogP contribution < -0.4 is 10.9 Å². The van der Waals surface area contributed by atoms with Crippen LogP contribution in [0.5, 0.6) is 5.75 Å². The van der Waals surface area contributed by atoms with Gasteiger partial charge in [0.2, 0.25) is 5.91 Å². The predicted molar refractivity (Wildman–Crippen MR) is 86.6 cm³/mol. The van der Waals surface area contributed by atoms with E-state index in [4.69, 9.17) is 11.6 Å². The lowest BCUT2D eigenvalue weighted by Gasteiger charge is -2.08. The van der Waals surface area contributed by atoms with Gasteiger partial charge < -0.3 is 5.11 Å². The minimum atomic E-state index is -0.706. The molecule has 0 atom stereocenters. The lowest BCUT2D eigenvalue weighted by atomic mass is 10.2. The summed E-state index contributed by atoms with van der Waals surface area (Å²) in [5.41, 5.74) is 4.28. The molecule has 2 aromatic rings. The fourth-order valence-corrected chi connectivity index (χ4v) is 2.60. The summed E-state index contributed by atoms with van der Waals surface area (Å²) >= 11 is 7.05. The van der Waals surface area contributed by atoms with E-state index in [0.29, 0.717) is 4.88 Å². The van der Waals surface area contributed by atoms with Crippen LogP contribution in [-0.2, 0) is 4.79 Å². The third-order valence-corrected chi connectivity index (χ3v) is 4.04. The molecule has 23 heavy (non-hydrogen) atoms. The summed E-state index contributed by atoms with van der Waals surface area (Å²) in [5, 5.41) is 11.6. The Morgan fingerprint density at radius 2 is 1.91 bits per heavy atom. The summed E-state index contributed by atoms with van der Waals surface area (Å²) in [6, 6.07) is 7.43. The van der Waals surface area contributed by atoms with Gasteiger partial charge in [-0.05, 0) is 29.6 Å². The molecule has 0 aliphatic heterocycles. The summed E-state index contributed by atoms with van der Waals surface area (Å²) in [5.74, 6) is -1.60. The van der Waals surface area contributed by atoms with E-state index in [-0.39, 0.29) is 35.0 Å². The molecule has 8 heteroatoms. The number of hydrogen-bond donors (Lipinski definition) is 3. The first-order valence-corrected chi connectivity index (χ1v) is 7.87. The zero-order chi connectivity index (χ0) is 16.8. The van der Waals surface area contributed by atoms with E-state index in [1.54, 1.807) is 17.5 Å². The number of phenolic OH excluding ortho intramolecular Hbond substituents is 1. The van der Waals surface area contributed by atoms with E-state index in [9.17, 15) is 19.5 Å². The Bertz CT molecular complexity index is 731. The minimum Gasteiger partial charge on any atom is -0.507 e. The highest BCUT2D eigenvalue weighted by Gasteiger charge is 2.14. The van der Waals surface area contributed by atoms with E-state index in [2.05, 4.69) is 10.9 Å². The van der Waals surface area contributed by atoms with Gasteiger partial charge in [-0.1, -0.05) is 17.7 Å². The smallest absolute Gasteiger partial charge is 0.273 e. The molecular formula is C15H13ClN2O4S. The number of rotatable bonds is 5. The van der Waals surface area contributed by atoms with Crippen LogP contribution >= 0.6 is 22.9 Å². The van der Waals surface area contributed by atoms with Crippen LogP contribution in [0, 0.1) is 0 Å². The van der Waals surface area contributed by atoms with Crippen LogP contribution in [0.3, 0.4) is 0 Å². The zero-order valence-electron chi connectivity index (χ0n) is 11.8. The van der Waals surface area contributed by atoms with Gasteiger partial charge in [-0.25, -0.2) is 0 Å². The minimum absolute atomic E-state index is 0.0463. The van der Waals surface area contributed by atoms with E-state index >= 15 is 0 Å². The molecule has 0 spiro atoms. The summed E-state index contributed by atoms with van der Waals surface area (Å²) in [6.07, 6.45) is -0.0107. The van der Waals surface area contributed by atoms with Gasteiger partial charge in [-0.2, -0.15) is 0 Å². The molecule has 0 bridgehead atoms. The molecule has 0 saturated carbocycles. The Hall–Kier alpha value is -2.38. The number of benzene rings is 1. The molecule has 0 aliphatic rings. The van der Waals surface area contributed by atoms with Crippen molar-refractivity contribution in [2.45, 2.75) is 12.8 Å². The van der Waals surface area contributed by atoms with E-state index < -0.39 is 11.8 Å². The van der Waals surface area contributed by atoms with Crippen molar-refractivity contribution in [1.29, 1.82) is 0 Å². The Balaban J connectivity index is 1.81. The van der Waals surface area contributed by atoms with Gasteiger partial charge in [-0.15, -0.1) is 11.3 Å². The van der Waals surface area contributed by atoms with Crippen molar-refractivity contribution in [3.05, 3.63) is 51.2 Å². The van der Waals surface area contributed by atoms with Gasteiger partial charge in [0.05, 0.1) is 10.4 Å². The number of carbonyl (C=O) groups is 3. The molecule has 0 radical (unpaired) electrons. The molecule has 2 rings (SSSR count). The number of thiophene rings is 1. The molecule has 0 aliphatic carbocycles. The number of amides is 2. The second kappa shape index (κ2) is 7.75. The van der Waals surface area contributed by atoms with Gasteiger partial charge in [0.15, 0.2) is 5.78 Å². The lowest BCUT2D eigenvalue weighted by Crippen LogP contribution is -2.41. The number of aromatic hydroxyl groups is 1. The maximum Gasteiger partial charge on any atom is 0.273 e. The van der Waals surface area contributed by atoms with Gasteiger partial charge in [0, 0.05) is 17.9 Å².